The van der Waals surface area contributed by atoms with E-state index in [4.69, 9.17) is 16.3 Å². The molecule has 0 saturated heterocycles. The number of carboxylic acid groups (broad SMARTS) is 1. The van der Waals surface area contributed by atoms with Crippen LogP contribution in [0.2, 0.25) is 5.02 Å². The Kier molecular flexibility index (Phi) is 4.12. The molecule has 3 rings (SSSR count). The smallest absolute Gasteiger partial charge is 0.338 e. The number of benzene rings is 2. The number of nitrogens with zero attached hydrogens (tertiary/aromatic N) is 2. The van der Waals surface area contributed by atoms with Crippen LogP contribution in [0.1, 0.15) is 11.1 Å². The van der Waals surface area contributed by atoms with Crippen molar-refractivity contribution in [3.63, 3.8) is 0 Å². The van der Waals surface area contributed by atoms with Gasteiger partial charge in [0.1, 0.15) is 0 Å². The second kappa shape index (κ2) is 6.22. The van der Waals surface area contributed by atoms with Crippen LogP contribution in [-0.2, 0) is 9.53 Å². The van der Waals surface area contributed by atoms with Crippen LogP contribution >= 0.6 is 11.6 Å². The molecule has 2 aromatic rings. The molecule has 0 aromatic heterocycles. The maximum absolute atomic E-state index is 11.6. The van der Waals surface area contributed by atoms with Gasteiger partial charge in [0.25, 0.3) is 0 Å². The third-order valence-electron chi connectivity index (χ3n) is 3.43. The Morgan fingerprint density at radius 2 is 1.96 bits per heavy atom. The fraction of sp³-hybridized carbons (Fsp3) is 0.118. The van der Waals surface area contributed by atoms with Crippen LogP contribution < -0.4 is 0 Å². The molecule has 0 radical (unpaired) electrons. The number of fused-ring (bicyclic) bond motifs is 1. The molecule has 0 spiro atoms. The summed E-state index contributed by atoms with van der Waals surface area (Å²) in [4.78, 5) is 20.3. The predicted octanol–water partition coefficient (Wildman–Crippen LogP) is 3.32. The van der Waals surface area contributed by atoms with Crippen molar-refractivity contribution in [2.24, 2.45) is 9.98 Å². The molecule has 6 heteroatoms. The minimum atomic E-state index is -1.21. The van der Waals surface area contributed by atoms with Gasteiger partial charge < -0.3 is 9.84 Å². The Morgan fingerprint density at radius 1 is 1.22 bits per heavy atom. The molecular weight excluding hydrogens is 316 g/mol. The lowest BCUT2D eigenvalue weighted by molar-refractivity contribution is -0.137. The highest BCUT2D eigenvalue weighted by molar-refractivity contribution is 6.31. The van der Waals surface area contributed by atoms with Gasteiger partial charge in [-0.25, -0.2) is 9.79 Å². The number of aliphatic imine (C=N–C) groups is 2. The van der Waals surface area contributed by atoms with Crippen molar-refractivity contribution in [2.45, 2.75) is 6.04 Å². The summed E-state index contributed by atoms with van der Waals surface area (Å²) in [5, 5.41) is 9.99. The first kappa shape index (κ1) is 15.2. The molecule has 1 aliphatic heterocycles. The first-order chi connectivity index (χ1) is 11.1. The van der Waals surface area contributed by atoms with E-state index in [2.05, 4.69) is 9.98 Å². The Hall–Kier alpha value is -2.66. The number of hydrogen-bond acceptors (Lipinski definition) is 4. The van der Waals surface area contributed by atoms with Crippen molar-refractivity contribution < 1.29 is 14.6 Å². The zero-order valence-corrected chi connectivity index (χ0v) is 13.0. The number of halogens is 1. The van der Waals surface area contributed by atoms with Crippen molar-refractivity contribution in [1.82, 2.24) is 0 Å². The number of methoxy groups -OCH3 is 1. The summed E-state index contributed by atoms with van der Waals surface area (Å²) in [7, 11) is 1.38. The fourth-order valence-corrected chi connectivity index (χ4v) is 2.55. The molecule has 1 unspecified atom stereocenters. The van der Waals surface area contributed by atoms with Crippen LogP contribution in [0.4, 0.5) is 5.69 Å². The normalized spacial score (nSPS) is 16.7. The van der Waals surface area contributed by atoms with Crippen LogP contribution in [-0.4, -0.2) is 35.8 Å². The van der Waals surface area contributed by atoms with E-state index in [0.717, 1.165) is 5.56 Å². The van der Waals surface area contributed by atoms with Gasteiger partial charge in [-0.1, -0.05) is 41.9 Å². The first-order valence-electron chi connectivity index (χ1n) is 6.88. The van der Waals surface area contributed by atoms with E-state index in [1.54, 1.807) is 18.2 Å². The monoisotopic (exact) mass is 328 g/mol. The van der Waals surface area contributed by atoms with Gasteiger partial charge in [-0.05, 0) is 18.2 Å². The van der Waals surface area contributed by atoms with E-state index >= 15 is 0 Å². The molecule has 5 nitrogen and oxygen atoms in total. The van der Waals surface area contributed by atoms with Gasteiger partial charge in [-0.15, -0.1) is 0 Å². The number of rotatable bonds is 2. The average Bonchev–Trinajstić information content (AvgIpc) is 2.72. The summed E-state index contributed by atoms with van der Waals surface area (Å²) in [5.74, 6) is -1.09. The Labute approximate surface area is 137 Å². The molecular formula is C17H13ClN2O3. The molecule has 0 aliphatic carbocycles. The van der Waals surface area contributed by atoms with E-state index in [1.165, 1.54) is 7.11 Å². The van der Waals surface area contributed by atoms with Crippen LogP contribution in [0.5, 0.6) is 0 Å². The molecule has 1 N–H and O–H groups in total. The van der Waals surface area contributed by atoms with Crippen LogP contribution in [0, 0.1) is 0 Å². The van der Waals surface area contributed by atoms with Gasteiger partial charge in [0.05, 0.1) is 18.5 Å². The molecule has 0 amide bonds. The van der Waals surface area contributed by atoms with Gasteiger partial charge >= 0.3 is 5.97 Å². The average molecular weight is 329 g/mol. The topological polar surface area (TPSA) is 71.2 Å². The highest BCUT2D eigenvalue weighted by atomic mass is 35.5. The van der Waals surface area contributed by atoms with E-state index in [1.807, 2.05) is 30.3 Å². The summed E-state index contributed by atoms with van der Waals surface area (Å²) in [6, 6.07) is 13.3. The largest absolute Gasteiger partial charge is 0.482 e. The van der Waals surface area contributed by atoms with Gasteiger partial charge in [-0.2, -0.15) is 0 Å². The Morgan fingerprint density at radius 3 is 2.61 bits per heavy atom. The zero-order valence-electron chi connectivity index (χ0n) is 12.2. The van der Waals surface area contributed by atoms with Crippen molar-refractivity contribution in [3.8, 4) is 0 Å². The summed E-state index contributed by atoms with van der Waals surface area (Å²) < 4.78 is 5.15. The molecule has 2 aromatic carbocycles. The number of carboxylic acids is 1. The Balaban J connectivity index is 2.29. The molecule has 116 valence electrons. The van der Waals surface area contributed by atoms with Crippen molar-refractivity contribution in [3.05, 3.63) is 64.7 Å². The SMILES string of the molecule is COC1=Nc2ccc(Cl)cc2C(c2ccccc2)=NC1C(=O)O. The predicted molar refractivity (Wildman–Crippen MR) is 89.1 cm³/mol. The van der Waals surface area contributed by atoms with Crippen LogP contribution in [0.3, 0.4) is 0 Å². The van der Waals surface area contributed by atoms with Gasteiger partial charge in [0, 0.05) is 16.1 Å². The minimum absolute atomic E-state index is 0.0343. The summed E-state index contributed by atoms with van der Waals surface area (Å²) in [5.41, 5.74) is 2.54. The van der Waals surface area contributed by atoms with Crippen molar-refractivity contribution in [1.29, 1.82) is 0 Å². The van der Waals surface area contributed by atoms with Gasteiger partial charge in [0.15, 0.2) is 0 Å². The summed E-state index contributed by atoms with van der Waals surface area (Å²) in [6.07, 6.45) is 0. The van der Waals surface area contributed by atoms with E-state index < -0.39 is 12.0 Å². The molecule has 0 saturated carbocycles. The molecule has 0 bridgehead atoms. The number of hydrogen-bond donors (Lipinski definition) is 1. The molecule has 1 aliphatic rings. The molecule has 0 fully saturated rings. The standard InChI is InChI=1S/C17H13ClN2O3/c1-23-16-15(17(21)22)20-14(10-5-3-2-4-6-10)12-9-11(18)7-8-13(12)19-16/h2-9,15H,1H3,(H,21,22). The van der Waals surface area contributed by atoms with Crippen LogP contribution in [0.15, 0.2) is 58.5 Å². The molecule has 1 heterocycles. The molecule has 23 heavy (non-hydrogen) atoms. The van der Waals surface area contributed by atoms with Gasteiger partial charge in [-0.3, -0.25) is 4.99 Å². The third kappa shape index (κ3) is 2.96. The number of aliphatic carboxylic acids is 1. The highest BCUT2D eigenvalue weighted by Gasteiger charge is 2.29. The summed E-state index contributed by atoms with van der Waals surface area (Å²) >= 11 is 6.10. The third-order valence-corrected chi connectivity index (χ3v) is 3.66. The van der Waals surface area contributed by atoms with Crippen molar-refractivity contribution in [2.75, 3.05) is 7.11 Å². The lowest BCUT2D eigenvalue weighted by Gasteiger charge is -2.10. The summed E-state index contributed by atoms with van der Waals surface area (Å²) in [6.45, 7) is 0. The second-order valence-electron chi connectivity index (χ2n) is 4.90. The maximum atomic E-state index is 11.6. The lowest BCUT2D eigenvalue weighted by Crippen LogP contribution is -2.30. The highest BCUT2D eigenvalue weighted by Crippen LogP contribution is 2.29. The Bertz CT molecular complexity index is 816. The van der Waals surface area contributed by atoms with Crippen molar-refractivity contribution >= 4 is 34.9 Å². The fourth-order valence-electron chi connectivity index (χ4n) is 2.37. The van der Waals surface area contributed by atoms with Gasteiger partial charge in [0.2, 0.25) is 11.9 Å². The van der Waals surface area contributed by atoms with E-state index in [9.17, 15) is 9.90 Å². The maximum Gasteiger partial charge on any atom is 0.338 e. The molecule has 1 atom stereocenters. The zero-order chi connectivity index (χ0) is 16.4. The lowest BCUT2D eigenvalue weighted by atomic mass is 10.0. The van der Waals surface area contributed by atoms with E-state index in [-0.39, 0.29) is 5.90 Å². The first-order valence-corrected chi connectivity index (χ1v) is 7.26. The quantitative estimate of drug-likeness (QED) is 0.919. The van der Waals surface area contributed by atoms with Crippen LogP contribution in [0.25, 0.3) is 0 Å². The van der Waals surface area contributed by atoms with E-state index in [0.29, 0.717) is 22.0 Å². The second-order valence-corrected chi connectivity index (χ2v) is 5.34. The number of ether oxygens (including phenoxy) is 1. The minimum Gasteiger partial charge on any atom is -0.482 e. The number of carbonyl (C=O) groups is 1.